The van der Waals surface area contributed by atoms with Gasteiger partial charge < -0.3 is 20.3 Å². The minimum absolute atomic E-state index is 0.0194. The van der Waals surface area contributed by atoms with E-state index in [2.05, 4.69) is 20.2 Å². The standard InChI is InChI=1S/C25H25N5O3/c1-16-15-26-25(33)30(16)20-6-3-5-19(14-20)27-24(32)18-10-12-29(13-11-18)22-9-8-17-4-2-7-21(31)23(17)28-22/h2-9,14-15,18,31H,10-13H2,1H3,(H,26,33)(H,27,32). The molecule has 4 aromatic rings. The molecule has 33 heavy (non-hydrogen) atoms. The number of benzene rings is 2. The Morgan fingerprint density at radius 2 is 1.91 bits per heavy atom. The summed E-state index contributed by atoms with van der Waals surface area (Å²) in [7, 11) is 0. The van der Waals surface area contributed by atoms with Crippen LogP contribution in [0.5, 0.6) is 5.75 Å². The fraction of sp³-hybridized carbons (Fsp3) is 0.240. The number of hydrogen-bond acceptors (Lipinski definition) is 5. The molecule has 0 unspecified atom stereocenters. The highest BCUT2D eigenvalue weighted by Crippen LogP contribution is 2.28. The third-order valence-corrected chi connectivity index (χ3v) is 6.21. The summed E-state index contributed by atoms with van der Waals surface area (Å²) in [6.45, 7) is 3.27. The molecule has 2 aromatic carbocycles. The molecular weight excluding hydrogens is 418 g/mol. The van der Waals surface area contributed by atoms with E-state index in [1.165, 1.54) is 0 Å². The smallest absolute Gasteiger partial charge is 0.330 e. The third kappa shape index (κ3) is 4.07. The predicted octanol–water partition coefficient (Wildman–Crippen LogP) is 3.58. The lowest BCUT2D eigenvalue weighted by Crippen LogP contribution is -2.38. The minimum Gasteiger partial charge on any atom is -0.506 e. The summed E-state index contributed by atoms with van der Waals surface area (Å²) in [4.78, 5) is 34.4. The Hall–Kier alpha value is -4.07. The van der Waals surface area contributed by atoms with Crippen molar-refractivity contribution in [1.29, 1.82) is 0 Å². The summed E-state index contributed by atoms with van der Waals surface area (Å²) >= 11 is 0. The Balaban J connectivity index is 1.25. The number of para-hydroxylation sites is 1. The highest BCUT2D eigenvalue weighted by Gasteiger charge is 2.26. The van der Waals surface area contributed by atoms with Crippen LogP contribution in [0.1, 0.15) is 18.5 Å². The molecule has 2 aromatic heterocycles. The number of imidazole rings is 1. The van der Waals surface area contributed by atoms with Crippen LogP contribution in [0.25, 0.3) is 16.6 Å². The van der Waals surface area contributed by atoms with E-state index in [-0.39, 0.29) is 23.3 Å². The van der Waals surface area contributed by atoms with Gasteiger partial charge in [0.15, 0.2) is 0 Å². The van der Waals surface area contributed by atoms with Crippen molar-refractivity contribution in [3.05, 3.63) is 77.0 Å². The van der Waals surface area contributed by atoms with Crippen molar-refractivity contribution in [3.63, 3.8) is 0 Å². The third-order valence-electron chi connectivity index (χ3n) is 6.21. The number of carbonyl (C=O) groups excluding carboxylic acids is 1. The van der Waals surface area contributed by atoms with E-state index in [4.69, 9.17) is 0 Å². The number of aryl methyl sites for hydroxylation is 1. The van der Waals surface area contributed by atoms with Gasteiger partial charge in [-0.25, -0.2) is 9.78 Å². The molecule has 0 spiro atoms. The number of fused-ring (bicyclic) bond motifs is 1. The second-order valence-electron chi connectivity index (χ2n) is 8.39. The molecule has 8 heteroatoms. The summed E-state index contributed by atoms with van der Waals surface area (Å²) in [5, 5.41) is 14.0. The lowest BCUT2D eigenvalue weighted by atomic mass is 9.95. The van der Waals surface area contributed by atoms with E-state index in [1.54, 1.807) is 29.0 Å². The molecule has 0 aliphatic carbocycles. The first-order valence-corrected chi connectivity index (χ1v) is 11.0. The molecule has 5 rings (SSSR count). The Labute approximate surface area is 190 Å². The molecule has 3 heterocycles. The number of anilines is 2. The summed E-state index contributed by atoms with van der Waals surface area (Å²) < 4.78 is 1.57. The molecule has 1 aliphatic rings. The number of hydrogen-bond donors (Lipinski definition) is 3. The zero-order valence-electron chi connectivity index (χ0n) is 18.3. The molecule has 0 saturated carbocycles. The van der Waals surface area contributed by atoms with Crippen LogP contribution in [0.15, 0.2) is 65.6 Å². The average Bonchev–Trinajstić information content (AvgIpc) is 3.17. The van der Waals surface area contributed by atoms with Crippen LogP contribution in [0, 0.1) is 12.8 Å². The number of phenols is 1. The fourth-order valence-corrected chi connectivity index (χ4v) is 4.41. The van der Waals surface area contributed by atoms with Crippen molar-refractivity contribution < 1.29 is 9.90 Å². The Morgan fingerprint density at radius 1 is 1.12 bits per heavy atom. The maximum Gasteiger partial charge on any atom is 0.330 e. The molecule has 8 nitrogen and oxygen atoms in total. The molecule has 0 bridgehead atoms. The van der Waals surface area contributed by atoms with Crippen LogP contribution >= 0.6 is 0 Å². The van der Waals surface area contributed by atoms with E-state index in [1.807, 2.05) is 43.3 Å². The first-order chi connectivity index (χ1) is 16.0. The van der Waals surface area contributed by atoms with Gasteiger partial charge in [-0.3, -0.25) is 9.36 Å². The maximum absolute atomic E-state index is 12.9. The minimum atomic E-state index is -0.209. The topological polar surface area (TPSA) is 103 Å². The van der Waals surface area contributed by atoms with Gasteiger partial charge in [0.1, 0.15) is 17.1 Å². The van der Waals surface area contributed by atoms with Gasteiger partial charge in [0.05, 0.1) is 5.69 Å². The van der Waals surface area contributed by atoms with Crippen molar-refractivity contribution in [2.75, 3.05) is 23.3 Å². The van der Waals surface area contributed by atoms with Crippen molar-refractivity contribution in [3.8, 4) is 11.4 Å². The molecule has 168 valence electrons. The first kappa shape index (κ1) is 20.8. The lowest BCUT2D eigenvalue weighted by molar-refractivity contribution is -0.120. The van der Waals surface area contributed by atoms with Crippen LogP contribution in [-0.2, 0) is 4.79 Å². The molecule has 0 atom stereocenters. The van der Waals surface area contributed by atoms with Crippen LogP contribution in [0.2, 0.25) is 0 Å². The number of amides is 1. The number of aromatic nitrogens is 3. The largest absolute Gasteiger partial charge is 0.506 e. The quantitative estimate of drug-likeness (QED) is 0.447. The van der Waals surface area contributed by atoms with E-state index in [0.717, 1.165) is 16.9 Å². The van der Waals surface area contributed by atoms with Gasteiger partial charge in [0, 0.05) is 42.0 Å². The highest BCUT2D eigenvalue weighted by molar-refractivity contribution is 5.93. The monoisotopic (exact) mass is 443 g/mol. The van der Waals surface area contributed by atoms with Crippen LogP contribution in [0.3, 0.4) is 0 Å². The molecule has 0 radical (unpaired) electrons. The zero-order valence-corrected chi connectivity index (χ0v) is 18.3. The maximum atomic E-state index is 12.9. The summed E-state index contributed by atoms with van der Waals surface area (Å²) in [5.74, 6) is 0.857. The Bertz CT molecular complexity index is 1380. The van der Waals surface area contributed by atoms with E-state index < -0.39 is 0 Å². The van der Waals surface area contributed by atoms with Gasteiger partial charge in [-0.15, -0.1) is 0 Å². The number of carbonyl (C=O) groups is 1. The van der Waals surface area contributed by atoms with Crippen molar-refractivity contribution in [1.82, 2.24) is 14.5 Å². The SMILES string of the molecule is Cc1c[nH]c(=O)n1-c1cccc(NC(=O)C2CCN(c3ccc4cccc(O)c4n3)CC2)c1. The van der Waals surface area contributed by atoms with Gasteiger partial charge in [0.2, 0.25) is 5.91 Å². The number of aromatic amines is 1. The molecule has 3 N–H and O–H groups in total. The average molecular weight is 444 g/mol. The Kier molecular flexibility index (Phi) is 5.34. The van der Waals surface area contributed by atoms with E-state index >= 15 is 0 Å². The van der Waals surface area contributed by atoms with Gasteiger partial charge >= 0.3 is 5.69 Å². The number of nitrogens with one attached hydrogen (secondary N) is 2. The molecule has 1 saturated heterocycles. The van der Waals surface area contributed by atoms with Crippen LogP contribution in [-0.4, -0.2) is 38.6 Å². The second-order valence-corrected chi connectivity index (χ2v) is 8.39. The van der Waals surface area contributed by atoms with Crippen molar-refractivity contribution in [2.45, 2.75) is 19.8 Å². The summed E-state index contributed by atoms with van der Waals surface area (Å²) in [5.41, 5.74) is 2.55. The number of rotatable bonds is 4. The van der Waals surface area contributed by atoms with Crippen LogP contribution < -0.4 is 15.9 Å². The van der Waals surface area contributed by atoms with Crippen LogP contribution in [0.4, 0.5) is 11.5 Å². The highest BCUT2D eigenvalue weighted by atomic mass is 16.3. The predicted molar refractivity (Wildman–Crippen MR) is 128 cm³/mol. The van der Waals surface area contributed by atoms with Crippen molar-refractivity contribution in [2.24, 2.45) is 5.92 Å². The molecule has 1 fully saturated rings. The molecule has 1 amide bonds. The summed E-state index contributed by atoms with van der Waals surface area (Å²) in [6.07, 6.45) is 3.08. The van der Waals surface area contributed by atoms with Gasteiger partial charge in [-0.2, -0.15) is 0 Å². The van der Waals surface area contributed by atoms with E-state index in [9.17, 15) is 14.7 Å². The first-order valence-electron chi connectivity index (χ1n) is 11.0. The lowest BCUT2D eigenvalue weighted by Gasteiger charge is -2.32. The molecule has 1 aliphatic heterocycles. The zero-order chi connectivity index (χ0) is 22.9. The van der Waals surface area contributed by atoms with Crippen molar-refractivity contribution >= 4 is 28.3 Å². The Morgan fingerprint density at radius 3 is 2.67 bits per heavy atom. The number of pyridine rings is 1. The fourth-order valence-electron chi connectivity index (χ4n) is 4.41. The van der Waals surface area contributed by atoms with E-state index in [0.29, 0.717) is 42.8 Å². The number of aromatic hydroxyl groups is 1. The summed E-state index contributed by atoms with van der Waals surface area (Å²) in [6, 6.07) is 16.6. The van der Waals surface area contributed by atoms with Gasteiger partial charge in [-0.05, 0) is 56.2 Å². The molecular formula is C25H25N5O3. The second kappa shape index (κ2) is 8.46. The number of H-pyrrole nitrogens is 1. The normalized spacial score (nSPS) is 14.5. The number of phenolic OH excluding ortho intramolecular Hbond substituents is 1. The van der Waals surface area contributed by atoms with Gasteiger partial charge in [-0.1, -0.05) is 18.2 Å². The number of nitrogens with zero attached hydrogens (tertiary/aromatic N) is 3. The number of piperidine rings is 1. The van der Waals surface area contributed by atoms with Gasteiger partial charge in [0.25, 0.3) is 0 Å².